The lowest BCUT2D eigenvalue weighted by Gasteiger charge is -2.12. The van der Waals surface area contributed by atoms with Crippen LogP contribution in [0.15, 0.2) is 42.6 Å². The summed E-state index contributed by atoms with van der Waals surface area (Å²) in [6.45, 7) is 1.11. The molecule has 2 rings (SSSR count). The van der Waals surface area contributed by atoms with Gasteiger partial charge in [0.05, 0.1) is 12.8 Å². The molecule has 0 amide bonds. The van der Waals surface area contributed by atoms with Gasteiger partial charge in [-0.3, -0.25) is 0 Å². The van der Waals surface area contributed by atoms with Crippen LogP contribution in [0, 0.1) is 0 Å². The molecule has 1 heterocycles. The van der Waals surface area contributed by atoms with Gasteiger partial charge in [0.2, 0.25) is 0 Å². The molecule has 124 valence electrons. The molecule has 0 aliphatic rings. The Morgan fingerprint density at radius 2 is 1.91 bits per heavy atom. The van der Waals surface area contributed by atoms with E-state index in [1.807, 2.05) is 24.3 Å². The Kier molecular flexibility index (Phi) is 6.75. The van der Waals surface area contributed by atoms with E-state index in [1.54, 1.807) is 6.07 Å². The highest BCUT2D eigenvalue weighted by molar-refractivity contribution is 5.39. The van der Waals surface area contributed by atoms with Crippen molar-refractivity contribution in [1.29, 1.82) is 0 Å². The summed E-state index contributed by atoms with van der Waals surface area (Å²) in [5.41, 5.74) is 2.23. The van der Waals surface area contributed by atoms with Crippen LogP contribution < -0.4 is 10.1 Å². The van der Waals surface area contributed by atoms with Crippen molar-refractivity contribution >= 4 is 5.82 Å². The summed E-state index contributed by atoms with van der Waals surface area (Å²) in [5.74, 6) is 0.634. The van der Waals surface area contributed by atoms with Crippen LogP contribution >= 0.6 is 0 Å². The zero-order chi connectivity index (χ0) is 16.5. The van der Waals surface area contributed by atoms with Crippen LogP contribution in [0.1, 0.15) is 24.5 Å². The van der Waals surface area contributed by atoms with E-state index < -0.39 is 6.61 Å². The lowest BCUT2D eigenvalue weighted by Crippen LogP contribution is -2.06. The Bertz CT molecular complexity index is 591. The molecular formula is C17H20F2N2O2. The lowest BCUT2D eigenvalue weighted by atomic mass is 10.1. The molecule has 0 unspecified atom stereocenters. The molecule has 0 aliphatic heterocycles. The first-order valence-corrected chi connectivity index (χ1v) is 7.48. The second-order valence-electron chi connectivity index (χ2n) is 4.93. The number of pyridine rings is 1. The highest BCUT2D eigenvalue weighted by Crippen LogP contribution is 2.16. The van der Waals surface area contributed by atoms with Crippen LogP contribution in [0.25, 0.3) is 0 Å². The number of benzene rings is 1. The van der Waals surface area contributed by atoms with Gasteiger partial charge in [-0.2, -0.15) is 8.78 Å². The predicted octanol–water partition coefficient (Wildman–Crippen LogP) is 4.22. The summed E-state index contributed by atoms with van der Waals surface area (Å²) in [5, 5.41) is 3.16. The summed E-state index contributed by atoms with van der Waals surface area (Å²) in [6.07, 6.45) is 2.25. The van der Waals surface area contributed by atoms with Crippen molar-refractivity contribution in [2.24, 2.45) is 0 Å². The van der Waals surface area contributed by atoms with E-state index in [0.717, 1.165) is 24.2 Å². The van der Waals surface area contributed by atoms with Crippen molar-refractivity contribution in [3.8, 4) is 5.75 Å². The molecule has 0 saturated heterocycles. The van der Waals surface area contributed by atoms with Crippen LogP contribution in [0.3, 0.4) is 0 Å². The van der Waals surface area contributed by atoms with Gasteiger partial charge >= 0.3 is 6.61 Å². The molecule has 0 bridgehead atoms. The largest absolute Gasteiger partial charge is 0.433 e. The smallest absolute Gasteiger partial charge is 0.387 e. The van der Waals surface area contributed by atoms with E-state index in [1.165, 1.54) is 12.3 Å². The van der Waals surface area contributed by atoms with E-state index in [2.05, 4.69) is 22.0 Å². The number of anilines is 1. The standard InChI is InChI=1S/C17H20F2N2O2/c1-2-9-22-12-14-6-4-3-5-13(14)10-20-16-8-7-15(11-21-16)23-17(18)19/h3-8,11,17H,2,9-10,12H2,1H3,(H,20,21). The second-order valence-corrected chi connectivity index (χ2v) is 4.93. The van der Waals surface area contributed by atoms with Crippen LogP contribution in [0.5, 0.6) is 5.75 Å². The van der Waals surface area contributed by atoms with Crippen LogP contribution in [-0.4, -0.2) is 18.2 Å². The summed E-state index contributed by atoms with van der Waals surface area (Å²) in [6, 6.07) is 11.0. The maximum absolute atomic E-state index is 12.1. The molecule has 0 aliphatic carbocycles. The average molecular weight is 322 g/mol. The van der Waals surface area contributed by atoms with Gasteiger partial charge < -0.3 is 14.8 Å². The number of nitrogens with one attached hydrogen (secondary N) is 1. The van der Waals surface area contributed by atoms with E-state index in [9.17, 15) is 8.78 Å². The van der Waals surface area contributed by atoms with Crippen molar-refractivity contribution in [3.63, 3.8) is 0 Å². The summed E-state index contributed by atoms with van der Waals surface area (Å²) >= 11 is 0. The number of aromatic nitrogens is 1. The Hall–Kier alpha value is -2.21. The third-order valence-corrected chi connectivity index (χ3v) is 3.15. The first-order valence-electron chi connectivity index (χ1n) is 7.48. The van der Waals surface area contributed by atoms with Gasteiger partial charge in [-0.1, -0.05) is 31.2 Å². The topological polar surface area (TPSA) is 43.4 Å². The molecule has 23 heavy (non-hydrogen) atoms. The van der Waals surface area contributed by atoms with Crippen molar-refractivity contribution in [2.45, 2.75) is 33.1 Å². The number of nitrogens with zero attached hydrogens (tertiary/aromatic N) is 1. The first kappa shape index (κ1) is 17.1. The van der Waals surface area contributed by atoms with E-state index in [4.69, 9.17) is 4.74 Å². The number of hydrogen-bond donors (Lipinski definition) is 1. The number of alkyl halides is 2. The van der Waals surface area contributed by atoms with Gasteiger partial charge in [-0.15, -0.1) is 0 Å². The van der Waals surface area contributed by atoms with Gasteiger partial charge in [-0.25, -0.2) is 4.98 Å². The molecule has 2 aromatic rings. The molecule has 1 aromatic heterocycles. The minimum Gasteiger partial charge on any atom is -0.433 e. The highest BCUT2D eigenvalue weighted by Gasteiger charge is 2.05. The van der Waals surface area contributed by atoms with E-state index >= 15 is 0 Å². The fraction of sp³-hybridized carbons (Fsp3) is 0.353. The first-order chi connectivity index (χ1) is 11.2. The Labute approximate surface area is 134 Å². The molecular weight excluding hydrogens is 302 g/mol. The lowest BCUT2D eigenvalue weighted by molar-refractivity contribution is -0.0500. The molecule has 1 aromatic carbocycles. The Morgan fingerprint density at radius 3 is 2.57 bits per heavy atom. The molecule has 4 nitrogen and oxygen atoms in total. The monoisotopic (exact) mass is 322 g/mol. The quantitative estimate of drug-likeness (QED) is 0.702. The van der Waals surface area contributed by atoms with Crippen molar-refractivity contribution in [3.05, 3.63) is 53.7 Å². The normalized spacial score (nSPS) is 10.8. The van der Waals surface area contributed by atoms with Gasteiger partial charge in [-0.05, 0) is 29.7 Å². The molecule has 6 heteroatoms. The maximum Gasteiger partial charge on any atom is 0.387 e. The van der Waals surface area contributed by atoms with Crippen molar-refractivity contribution < 1.29 is 18.3 Å². The Morgan fingerprint density at radius 1 is 1.13 bits per heavy atom. The van der Waals surface area contributed by atoms with Crippen LogP contribution in [-0.2, 0) is 17.9 Å². The molecule has 0 saturated carbocycles. The van der Waals surface area contributed by atoms with Crippen molar-refractivity contribution in [1.82, 2.24) is 4.98 Å². The summed E-state index contributed by atoms with van der Waals surface area (Å²) in [7, 11) is 0. The van der Waals surface area contributed by atoms with Gasteiger partial charge in [0.15, 0.2) is 0 Å². The number of halogens is 2. The molecule has 0 fully saturated rings. The van der Waals surface area contributed by atoms with Gasteiger partial charge in [0, 0.05) is 13.2 Å². The summed E-state index contributed by atoms with van der Waals surface area (Å²) in [4.78, 5) is 4.05. The van der Waals surface area contributed by atoms with E-state index in [0.29, 0.717) is 19.0 Å². The molecule has 1 N–H and O–H groups in total. The van der Waals surface area contributed by atoms with Crippen LogP contribution in [0.4, 0.5) is 14.6 Å². The highest BCUT2D eigenvalue weighted by atomic mass is 19.3. The number of rotatable bonds is 9. The third kappa shape index (κ3) is 5.83. The van der Waals surface area contributed by atoms with Gasteiger partial charge in [0.25, 0.3) is 0 Å². The average Bonchev–Trinajstić information content (AvgIpc) is 2.55. The number of ether oxygens (including phenoxy) is 2. The Balaban J connectivity index is 1.92. The van der Waals surface area contributed by atoms with Crippen molar-refractivity contribution in [2.75, 3.05) is 11.9 Å². The third-order valence-electron chi connectivity index (χ3n) is 3.15. The SMILES string of the molecule is CCCOCc1ccccc1CNc1ccc(OC(F)F)cn1. The maximum atomic E-state index is 12.1. The zero-order valence-electron chi connectivity index (χ0n) is 13.0. The predicted molar refractivity (Wildman–Crippen MR) is 84.6 cm³/mol. The minimum atomic E-state index is -2.84. The zero-order valence-corrected chi connectivity index (χ0v) is 13.0. The second kappa shape index (κ2) is 9.05. The molecule has 0 spiro atoms. The fourth-order valence-electron chi connectivity index (χ4n) is 2.04. The molecule has 0 atom stereocenters. The number of hydrogen-bond acceptors (Lipinski definition) is 4. The fourth-order valence-corrected chi connectivity index (χ4v) is 2.04. The molecule has 0 radical (unpaired) electrons. The summed E-state index contributed by atoms with van der Waals surface area (Å²) < 4.78 is 34.0. The minimum absolute atomic E-state index is 0.0407. The van der Waals surface area contributed by atoms with E-state index in [-0.39, 0.29) is 5.75 Å². The van der Waals surface area contributed by atoms with Crippen LogP contribution in [0.2, 0.25) is 0 Å². The van der Waals surface area contributed by atoms with Gasteiger partial charge in [0.1, 0.15) is 11.6 Å².